The Balaban J connectivity index is 1.87. The summed E-state index contributed by atoms with van der Waals surface area (Å²) in [7, 11) is 0. The van der Waals surface area contributed by atoms with E-state index in [2.05, 4.69) is 4.98 Å². The van der Waals surface area contributed by atoms with Crippen molar-refractivity contribution < 1.29 is 14.3 Å². The zero-order valence-electron chi connectivity index (χ0n) is 13.3. The summed E-state index contributed by atoms with van der Waals surface area (Å²) in [6.07, 6.45) is 2.63. The van der Waals surface area contributed by atoms with Crippen LogP contribution in [0.1, 0.15) is 16.1 Å². The average Bonchev–Trinajstić information content (AvgIpc) is 3.21. The van der Waals surface area contributed by atoms with Crippen molar-refractivity contribution in [2.24, 2.45) is 0 Å². The molecule has 0 aliphatic heterocycles. The van der Waals surface area contributed by atoms with Crippen LogP contribution in [0.5, 0.6) is 0 Å². The Bertz CT molecular complexity index is 1140. The minimum absolute atomic E-state index is 0.121. The van der Waals surface area contributed by atoms with E-state index >= 15 is 0 Å². The van der Waals surface area contributed by atoms with Crippen molar-refractivity contribution in [2.75, 3.05) is 0 Å². The Labute approximate surface area is 157 Å². The van der Waals surface area contributed by atoms with E-state index in [0.717, 1.165) is 21.8 Å². The molecule has 0 bridgehead atoms. The van der Waals surface area contributed by atoms with Crippen molar-refractivity contribution in [1.82, 2.24) is 9.55 Å². The lowest BCUT2D eigenvalue weighted by Crippen LogP contribution is -2.10. The third-order valence-electron chi connectivity index (χ3n) is 4.15. The molecule has 0 saturated heterocycles. The summed E-state index contributed by atoms with van der Waals surface area (Å²) in [5.74, 6) is -1.53. The number of nitrogens with zero attached hydrogens (tertiary/aromatic N) is 2. The fourth-order valence-electron chi connectivity index (χ4n) is 3.02. The molecule has 4 rings (SSSR count). The molecule has 1 aromatic carbocycles. The quantitative estimate of drug-likeness (QED) is 0.517. The standard InChI is InChI=1S/C19H12ClFN2O2S/c20-14-2-1-3-17-18(14)12(10-26-17)9-23-15(4-5-16(23)19(24)25)11-6-13(21)8-22-7-11/h1-8,10H,9H2,(H,24,25). The Hall–Kier alpha value is -2.70. The topological polar surface area (TPSA) is 55.1 Å². The minimum atomic E-state index is -1.05. The van der Waals surface area contributed by atoms with E-state index < -0.39 is 11.8 Å². The summed E-state index contributed by atoms with van der Waals surface area (Å²) in [6, 6.07) is 10.2. The second-order valence-corrected chi connectivity index (χ2v) is 7.08. The van der Waals surface area contributed by atoms with Gasteiger partial charge in [-0.25, -0.2) is 9.18 Å². The van der Waals surface area contributed by atoms with Crippen molar-refractivity contribution in [3.8, 4) is 11.3 Å². The third-order valence-corrected chi connectivity index (χ3v) is 5.47. The minimum Gasteiger partial charge on any atom is -0.477 e. The zero-order chi connectivity index (χ0) is 18.3. The molecular formula is C19H12ClFN2O2S. The molecule has 4 aromatic rings. The molecule has 0 atom stereocenters. The van der Waals surface area contributed by atoms with Gasteiger partial charge in [0.05, 0.1) is 11.9 Å². The van der Waals surface area contributed by atoms with E-state index in [0.29, 0.717) is 22.8 Å². The Morgan fingerprint density at radius 1 is 1.27 bits per heavy atom. The van der Waals surface area contributed by atoms with Crippen molar-refractivity contribution in [3.05, 3.63) is 76.3 Å². The molecule has 0 aliphatic carbocycles. The van der Waals surface area contributed by atoms with Crippen LogP contribution in [0.3, 0.4) is 0 Å². The number of hydrogen-bond donors (Lipinski definition) is 1. The van der Waals surface area contributed by atoms with Gasteiger partial charge >= 0.3 is 5.97 Å². The van der Waals surface area contributed by atoms with Gasteiger partial charge in [0.2, 0.25) is 0 Å². The first-order valence-corrected chi connectivity index (χ1v) is 8.98. The average molecular weight is 387 g/mol. The molecule has 4 nitrogen and oxygen atoms in total. The number of benzene rings is 1. The van der Waals surface area contributed by atoms with Crippen molar-refractivity contribution >= 4 is 39.0 Å². The highest BCUT2D eigenvalue weighted by Gasteiger charge is 2.18. The van der Waals surface area contributed by atoms with Crippen LogP contribution in [0.2, 0.25) is 5.02 Å². The summed E-state index contributed by atoms with van der Waals surface area (Å²) >= 11 is 7.90. The predicted molar refractivity (Wildman–Crippen MR) is 101 cm³/mol. The monoisotopic (exact) mass is 386 g/mol. The van der Waals surface area contributed by atoms with Crippen molar-refractivity contribution in [1.29, 1.82) is 0 Å². The van der Waals surface area contributed by atoms with Crippen LogP contribution in [0, 0.1) is 5.82 Å². The van der Waals surface area contributed by atoms with Gasteiger partial charge in [-0.05, 0) is 41.3 Å². The van der Waals surface area contributed by atoms with Gasteiger partial charge in [0.1, 0.15) is 11.5 Å². The number of rotatable bonds is 4. The van der Waals surface area contributed by atoms with Crippen LogP contribution >= 0.6 is 22.9 Å². The van der Waals surface area contributed by atoms with E-state index in [9.17, 15) is 14.3 Å². The van der Waals surface area contributed by atoms with Gasteiger partial charge in [-0.2, -0.15) is 0 Å². The largest absolute Gasteiger partial charge is 0.477 e. The maximum Gasteiger partial charge on any atom is 0.352 e. The number of carbonyl (C=O) groups is 1. The molecule has 3 heterocycles. The Kier molecular flexibility index (Phi) is 4.22. The molecule has 0 unspecified atom stereocenters. The van der Waals surface area contributed by atoms with Gasteiger partial charge in [-0.1, -0.05) is 17.7 Å². The number of carboxylic acids is 1. The maximum atomic E-state index is 13.6. The fraction of sp³-hybridized carbons (Fsp3) is 0.0526. The zero-order valence-corrected chi connectivity index (χ0v) is 14.9. The second kappa shape index (κ2) is 6.55. The highest BCUT2D eigenvalue weighted by Crippen LogP contribution is 2.34. The van der Waals surface area contributed by atoms with Crippen molar-refractivity contribution in [2.45, 2.75) is 6.54 Å². The van der Waals surface area contributed by atoms with E-state index in [1.165, 1.54) is 18.3 Å². The molecule has 0 saturated carbocycles. The molecule has 0 amide bonds. The molecule has 26 heavy (non-hydrogen) atoms. The van der Waals surface area contributed by atoms with Crippen LogP contribution in [-0.2, 0) is 6.54 Å². The highest BCUT2D eigenvalue weighted by atomic mass is 35.5. The van der Waals surface area contributed by atoms with Gasteiger partial charge in [0, 0.05) is 33.4 Å². The van der Waals surface area contributed by atoms with Gasteiger partial charge in [-0.15, -0.1) is 11.3 Å². The van der Waals surface area contributed by atoms with Crippen LogP contribution in [-0.4, -0.2) is 20.6 Å². The first-order chi connectivity index (χ1) is 12.5. The van der Waals surface area contributed by atoms with Crippen molar-refractivity contribution in [3.63, 3.8) is 0 Å². The number of halogens is 2. The molecule has 0 spiro atoms. The third kappa shape index (κ3) is 2.87. The molecule has 0 radical (unpaired) electrons. The fourth-order valence-corrected chi connectivity index (χ4v) is 4.35. The molecule has 0 fully saturated rings. The maximum absolute atomic E-state index is 13.6. The predicted octanol–water partition coefficient (Wildman–Crippen LogP) is 5.30. The van der Waals surface area contributed by atoms with E-state index in [1.54, 1.807) is 22.0 Å². The van der Waals surface area contributed by atoms with E-state index in [4.69, 9.17) is 11.6 Å². The molecule has 0 aliphatic rings. The number of aromatic carboxylic acids is 1. The lowest BCUT2D eigenvalue weighted by Gasteiger charge is -2.12. The normalized spacial score (nSPS) is 11.2. The molecule has 1 N–H and O–H groups in total. The first-order valence-electron chi connectivity index (χ1n) is 7.73. The smallest absolute Gasteiger partial charge is 0.352 e. The SMILES string of the molecule is O=C(O)c1ccc(-c2cncc(F)c2)n1Cc1csc2cccc(Cl)c12. The Morgan fingerprint density at radius 3 is 2.88 bits per heavy atom. The molecule has 3 aromatic heterocycles. The van der Waals surface area contributed by atoms with E-state index in [-0.39, 0.29) is 5.69 Å². The Morgan fingerprint density at radius 2 is 2.12 bits per heavy atom. The molecule has 7 heteroatoms. The van der Waals surface area contributed by atoms with Crippen LogP contribution < -0.4 is 0 Å². The van der Waals surface area contributed by atoms with Crippen LogP contribution in [0.4, 0.5) is 4.39 Å². The van der Waals surface area contributed by atoms with E-state index in [1.807, 2.05) is 23.6 Å². The van der Waals surface area contributed by atoms with Gasteiger partial charge in [-0.3, -0.25) is 4.98 Å². The number of hydrogen-bond acceptors (Lipinski definition) is 3. The molecular weight excluding hydrogens is 375 g/mol. The lowest BCUT2D eigenvalue weighted by atomic mass is 10.1. The highest BCUT2D eigenvalue weighted by molar-refractivity contribution is 7.17. The molecule has 130 valence electrons. The van der Waals surface area contributed by atoms with Crippen LogP contribution in [0.15, 0.2) is 54.2 Å². The number of carboxylic acid groups (broad SMARTS) is 1. The van der Waals surface area contributed by atoms with Gasteiger partial charge in [0.25, 0.3) is 0 Å². The second-order valence-electron chi connectivity index (χ2n) is 5.76. The number of thiophene rings is 1. The lowest BCUT2D eigenvalue weighted by molar-refractivity contribution is 0.0686. The van der Waals surface area contributed by atoms with Gasteiger partial charge in [0.15, 0.2) is 0 Å². The summed E-state index contributed by atoms with van der Waals surface area (Å²) in [4.78, 5) is 15.5. The van der Waals surface area contributed by atoms with Crippen LogP contribution in [0.25, 0.3) is 21.3 Å². The summed E-state index contributed by atoms with van der Waals surface area (Å²) in [5.41, 5.74) is 2.14. The first kappa shape index (κ1) is 16.8. The number of pyridine rings is 1. The van der Waals surface area contributed by atoms with Gasteiger partial charge < -0.3 is 9.67 Å². The summed E-state index contributed by atoms with van der Waals surface area (Å²) in [5, 5.41) is 13.0. The number of aromatic nitrogens is 2. The summed E-state index contributed by atoms with van der Waals surface area (Å²) < 4.78 is 16.3. The number of fused-ring (bicyclic) bond motifs is 1. The summed E-state index contributed by atoms with van der Waals surface area (Å²) in [6.45, 7) is 0.310.